The van der Waals surface area contributed by atoms with E-state index in [2.05, 4.69) is 6.92 Å². The van der Waals surface area contributed by atoms with Gasteiger partial charge in [0, 0.05) is 13.2 Å². The largest absolute Gasteiger partial charge is 0.377 e. The molecule has 0 unspecified atom stereocenters. The number of nitrogens with two attached hydrogens (primary N) is 1. The summed E-state index contributed by atoms with van der Waals surface area (Å²) in [6.07, 6.45) is 2.15. The number of ether oxygens (including phenoxy) is 1. The summed E-state index contributed by atoms with van der Waals surface area (Å²) in [6.45, 7) is 6.17. The summed E-state index contributed by atoms with van der Waals surface area (Å²) >= 11 is 0. The van der Waals surface area contributed by atoms with Crippen LogP contribution in [0.2, 0.25) is 0 Å². The van der Waals surface area contributed by atoms with Crippen molar-refractivity contribution in [2.45, 2.75) is 45.3 Å². The van der Waals surface area contributed by atoms with Crippen molar-refractivity contribution in [3.63, 3.8) is 0 Å². The van der Waals surface area contributed by atoms with E-state index in [0.29, 0.717) is 0 Å². The van der Waals surface area contributed by atoms with Gasteiger partial charge in [-0.2, -0.15) is 0 Å². The lowest BCUT2D eigenvalue weighted by atomic mass is 9.96. The topological polar surface area (TPSA) is 35.2 Å². The molecule has 0 aromatic rings. The van der Waals surface area contributed by atoms with Crippen molar-refractivity contribution in [1.29, 1.82) is 0 Å². The van der Waals surface area contributed by atoms with Crippen molar-refractivity contribution in [3.05, 3.63) is 0 Å². The predicted molar refractivity (Wildman–Crippen MR) is 44.0 cm³/mol. The second kappa shape index (κ2) is 3.94. The van der Waals surface area contributed by atoms with Gasteiger partial charge in [-0.15, -0.1) is 0 Å². The first kappa shape index (κ1) is 9.92. The van der Waals surface area contributed by atoms with Gasteiger partial charge in [0.05, 0.1) is 5.60 Å². The van der Waals surface area contributed by atoms with Crippen molar-refractivity contribution in [2.75, 3.05) is 7.11 Å². The van der Waals surface area contributed by atoms with E-state index >= 15 is 0 Å². The maximum absolute atomic E-state index is 5.85. The lowest BCUT2D eigenvalue weighted by Crippen LogP contribution is -2.44. The highest BCUT2D eigenvalue weighted by Crippen LogP contribution is 2.15. The Morgan fingerprint density at radius 2 is 2.00 bits per heavy atom. The van der Waals surface area contributed by atoms with E-state index in [1.165, 1.54) is 0 Å². The van der Waals surface area contributed by atoms with Crippen LogP contribution in [-0.2, 0) is 4.74 Å². The van der Waals surface area contributed by atoms with Crippen LogP contribution in [0.3, 0.4) is 0 Å². The van der Waals surface area contributed by atoms with E-state index in [-0.39, 0.29) is 11.6 Å². The molecule has 10 heavy (non-hydrogen) atoms. The van der Waals surface area contributed by atoms with Crippen LogP contribution in [-0.4, -0.2) is 18.8 Å². The molecule has 2 nitrogen and oxygen atoms in total. The van der Waals surface area contributed by atoms with Crippen molar-refractivity contribution in [1.82, 2.24) is 0 Å². The highest BCUT2D eigenvalue weighted by atomic mass is 16.5. The number of methoxy groups -OCH3 is 1. The number of hydrogen-bond donors (Lipinski definition) is 1. The summed E-state index contributed by atoms with van der Waals surface area (Å²) < 4.78 is 5.23. The zero-order chi connectivity index (χ0) is 8.20. The van der Waals surface area contributed by atoms with E-state index in [4.69, 9.17) is 10.5 Å². The minimum absolute atomic E-state index is 0.155. The smallest absolute Gasteiger partial charge is 0.0772 e. The van der Waals surface area contributed by atoms with Crippen molar-refractivity contribution in [2.24, 2.45) is 5.73 Å². The SMILES string of the molecule is CCC[C@H](N)C(C)(C)OC. The average Bonchev–Trinajstić information content (AvgIpc) is 1.89. The van der Waals surface area contributed by atoms with E-state index < -0.39 is 0 Å². The molecule has 0 saturated carbocycles. The molecule has 0 radical (unpaired) electrons. The average molecular weight is 145 g/mol. The van der Waals surface area contributed by atoms with Gasteiger partial charge in [-0.25, -0.2) is 0 Å². The first-order valence-corrected chi connectivity index (χ1v) is 3.85. The Morgan fingerprint density at radius 1 is 1.50 bits per heavy atom. The second-order valence-corrected chi connectivity index (χ2v) is 3.20. The van der Waals surface area contributed by atoms with Gasteiger partial charge in [0.25, 0.3) is 0 Å². The highest BCUT2D eigenvalue weighted by Gasteiger charge is 2.24. The molecule has 0 aromatic carbocycles. The number of hydrogen-bond acceptors (Lipinski definition) is 2. The normalized spacial score (nSPS) is 15.3. The first-order chi connectivity index (χ1) is 4.54. The maximum atomic E-state index is 5.85. The Hall–Kier alpha value is -0.0800. The molecule has 0 rings (SSSR count). The van der Waals surface area contributed by atoms with Crippen LogP contribution in [0.5, 0.6) is 0 Å². The molecule has 0 bridgehead atoms. The molecular formula is C8H19NO. The summed E-state index contributed by atoms with van der Waals surface area (Å²) in [5, 5.41) is 0. The summed E-state index contributed by atoms with van der Waals surface area (Å²) in [7, 11) is 1.70. The van der Waals surface area contributed by atoms with Gasteiger partial charge in [0.15, 0.2) is 0 Å². The van der Waals surface area contributed by atoms with Crippen LogP contribution in [0.4, 0.5) is 0 Å². The fraction of sp³-hybridized carbons (Fsp3) is 1.00. The Balaban J connectivity index is 3.78. The van der Waals surface area contributed by atoms with Gasteiger partial charge < -0.3 is 10.5 Å². The quantitative estimate of drug-likeness (QED) is 0.651. The highest BCUT2D eigenvalue weighted by molar-refractivity contribution is 4.81. The molecular weight excluding hydrogens is 126 g/mol. The fourth-order valence-corrected chi connectivity index (χ4v) is 0.810. The molecule has 2 heteroatoms. The summed E-state index contributed by atoms with van der Waals surface area (Å²) in [5.41, 5.74) is 5.68. The Kier molecular flexibility index (Phi) is 3.91. The molecule has 0 spiro atoms. The Morgan fingerprint density at radius 3 is 2.30 bits per heavy atom. The van der Waals surface area contributed by atoms with E-state index in [0.717, 1.165) is 12.8 Å². The Bertz CT molecular complexity index is 91.3. The second-order valence-electron chi connectivity index (χ2n) is 3.20. The van der Waals surface area contributed by atoms with Gasteiger partial charge in [0.2, 0.25) is 0 Å². The lowest BCUT2D eigenvalue weighted by molar-refractivity contribution is -0.00157. The van der Waals surface area contributed by atoms with Crippen molar-refractivity contribution in [3.8, 4) is 0 Å². The minimum Gasteiger partial charge on any atom is -0.377 e. The van der Waals surface area contributed by atoms with E-state index in [1.54, 1.807) is 7.11 Å². The molecule has 62 valence electrons. The van der Waals surface area contributed by atoms with E-state index in [1.807, 2.05) is 13.8 Å². The third-order valence-electron chi connectivity index (χ3n) is 2.02. The Labute approximate surface area is 63.7 Å². The third-order valence-corrected chi connectivity index (χ3v) is 2.02. The zero-order valence-corrected chi connectivity index (χ0v) is 7.48. The number of rotatable bonds is 4. The van der Waals surface area contributed by atoms with Gasteiger partial charge >= 0.3 is 0 Å². The van der Waals surface area contributed by atoms with Crippen LogP contribution in [0.15, 0.2) is 0 Å². The monoisotopic (exact) mass is 145 g/mol. The van der Waals surface area contributed by atoms with Crippen LogP contribution in [0, 0.1) is 0 Å². The first-order valence-electron chi connectivity index (χ1n) is 3.85. The molecule has 1 atom stereocenters. The van der Waals surface area contributed by atoms with Gasteiger partial charge in [-0.3, -0.25) is 0 Å². The van der Waals surface area contributed by atoms with Gasteiger partial charge in [0.1, 0.15) is 0 Å². The van der Waals surface area contributed by atoms with Crippen molar-refractivity contribution < 1.29 is 4.74 Å². The molecule has 0 aliphatic carbocycles. The fourth-order valence-electron chi connectivity index (χ4n) is 0.810. The standard InChI is InChI=1S/C8H19NO/c1-5-6-7(9)8(2,3)10-4/h7H,5-6,9H2,1-4H3/t7-/m0/s1. The molecule has 0 amide bonds. The lowest BCUT2D eigenvalue weighted by Gasteiger charge is -2.29. The molecule has 0 heterocycles. The molecule has 2 N–H and O–H groups in total. The maximum Gasteiger partial charge on any atom is 0.0772 e. The summed E-state index contributed by atoms with van der Waals surface area (Å²) in [5.74, 6) is 0. The molecule has 0 aliphatic rings. The van der Waals surface area contributed by atoms with Gasteiger partial charge in [-0.1, -0.05) is 13.3 Å². The zero-order valence-electron chi connectivity index (χ0n) is 7.48. The minimum atomic E-state index is -0.171. The van der Waals surface area contributed by atoms with Crippen LogP contribution >= 0.6 is 0 Å². The molecule has 0 aromatic heterocycles. The van der Waals surface area contributed by atoms with Crippen LogP contribution in [0.1, 0.15) is 33.6 Å². The summed E-state index contributed by atoms with van der Waals surface area (Å²) in [4.78, 5) is 0. The van der Waals surface area contributed by atoms with E-state index in [9.17, 15) is 0 Å². The molecule has 0 aliphatic heterocycles. The van der Waals surface area contributed by atoms with Crippen LogP contribution < -0.4 is 5.73 Å². The van der Waals surface area contributed by atoms with Gasteiger partial charge in [-0.05, 0) is 20.3 Å². The van der Waals surface area contributed by atoms with Crippen molar-refractivity contribution >= 4 is 0 Å². The summed E-state index contributed by atoms with van der Waals surface area (Å²) in [6, 6.07) is 0.155. The van der Waals surface area contributed by atoms with Crippen LogP contribution in [0.25, 0.3) is 0 Å². The predicted octanol–water partition coefficient (Wildman–Crippen LogP) is 1.54. The molecule has 0 fully saturated rings. The molecule has 0 saturated heterocycles. The third kappa shape index (κ3) is 2.67.